The van der Waals surface area contributed by atoms with Crippen LogP contribution < -0.4 is 24.4 Å². The lowest BCUT2D eigenvalue weighted by Gasteiger charge is -2.26. The number of aromatic nitrogens is 1. The van der Waals surface area contributed by atoms with Crippen molar-refractivity contribution < 1.29 is 50.1 Å². The Labute approximate surface area is 269 Å². The van der Waals surface area contributed by atoms with Gasteiger partial charge in [0.15, 0.2) is 40.9 Å². The number of carbonyl (C=O) groups is 2. The number of hydrogen-bond donors (Lipinski definition) is 1. The number of ether oxygens (including phenoxy) is 3. The molecule has 0 radical (unpaired) electrons. The van der Waals surface area contributed by atoms with E-state index in [1.165, 1.54) is 33.3 Å². The van der Waals surface area contributed by atoms with Crippen molar-refractivity contribution in [3.05, 3.63) is 101 Å². The van der Waals surface area contributed by atoms with Gasteiger partial charge in [-0.3, -0.25) is 14.6 Å². The van der Waals surface area contributed by atoms with Crippen LogP contribution in [-0.4, -0.2) is 44.6 Å². The van der Waals surface area contributed by atoms with E-state index in [4.69, 9.17) is 19.5 Å². The van der Waals surface area contributed by atoms with Gasteiger partial charge >= 0.3 is 6.18 Å². The first-order valence-electron chi connectivity index (χ1n) is 13.6. The number of alkyl halides is 3. The number of halogens is 6. The number of nitrogens with zero attached hydrogens (tertiary/aromatic N) is 3. The molecular weight excluding hydrogens is 646 g/mol. The lowest BCUT2D eigenvalue weighted by atomic mass is 10.1. The second kappa shape index (κ2) is 14.2. The van der Waals surface area contributed by atoms with Crippen molar-refractivity contribution in [3.63, 3.8) is 0 Å². The third kappa shape index (κ3) is 7.33. The number of allylic oxidation sites excluding steroid dienone is 3. The molecular formula is C33H24F6N4O5. The second-order valence-electron chi connectivity index (χ2n) is 9.94. The van der Waals surface area contributed by atoms with Gasteiger partial charge in [-0.15, -0.1) is 0 Å². The number of amides is 1. The van der Waals surface area contributed by atoms with Gasteiger partial charge < -0.3 is 24.4 Å². The van der Waals surface area contributed by atoms with Gasteiger partial charge in [0.1, 0.15) is 17.6 Å². The van der Waals surface area contributed by atoms with Crippen LogP contribution in [0, 0.1) is 35.7 Å². The standard InChI is InChI=1S/C33H24F6N4O5/c1-17-9-22(34)19(14-40)10-26(17)43(2)30(33(37,38)39)8-5-18(16-44)32(45)42-20-6-7-27(23(35)11-20)48-31-21-12-28(46-3)29(47-4)13-25(21)41-15-24(31)36/h5-13,15-16H,1-4H3,(H,42,45)/b18-5+,30-8-. The van der Waals surface area contributed by atoms with E-state index in [1.807, 2.05) is 0 Å². The molecule has 4 rings (SSSR count). The highest BCUT2D eigenvalue weighted by Crippen LogP contribution is 2.39. The molecule has 0 aliphatic heterocycles. The molecule has 0 aliphatic carbocycles. The topological polar surface area (TPSA) is 114 Å². The molecule has 0 aliphatic rings. The third-order valence-electron chi connectivity index (χ3n) is 6.91. The lowest BCUT2D eigenvalue weighted by molar-refractivity contribution is -0.115. The fourth-order valence-corrected chi connectivity index (χ4v) is 4.52. The Bertz CT molecular complexity index is 2020. The van der Waals surface area contributed by atoms with Gasteiger partial charge in [-0.2, -0.15) is 18.4 Å². The van der Waals surface area contributed by atoms with Crippen molar-refractivity contribution >= 4 is 34.5 Å². The number of methoxy groups -OCH3 is 2. The molecule has 15 heteroatoms. The zero-order valence-electron chi connectivity index (χ0n) is 25.5. The fourth-order valence-electron chi connectivity index (χ4n) is 4.52. The monoisotopic (exact) mass is 670 g/mol. The van der Waals surface area contributed by atoms with Crippen LogP contribution in [0.5, 0.6) is 23.0 Å². The first kappa shape index (κ1) is 34.8. The average molecular weight is 671 g/mol. The zero-order chi connectivity index (χ0) is 35.3. The number of fused-ring (bicyclic) bond motifs is 1. The predicted molar refractivity (Wildman–Crippen MR) is 162 cm³/mol. The number of carbonyl (C=O) groups excluding carboxylic acids is 2. The van der Waals surface area contributed by atoms with Crippen molar-refractivity contribution in [3.8, 4) is 29.1 Å². The van der Waals surface area contributed by atoms with Gasteiger partial charge in [0, 0.05) is 35.9 Å². The highest BCUT2D eigenvalue weighted by molar-refractivity contribution is 6.16. The minimum atomic E-state index is -5.01. The normalized spacial score (nSPS) is 11.9. The number of anilines is 2. The molecule has 0 atom stereocenters. The summed E-state index contributed by atoms with van der Waals surface area (Å²) in [5, 5.41) is 11.4. The summed E-state index contributed by atoms with van der Waals surface area (Å²) in [6.45, 7) is 1.34. The Morgan fingerprint density at radius 2 is 1.65 bits per heavy atom. The van der Waals surface area contributed by atoms with E-state index < -0.39 is 52.1 Å². The van der Waals surface area contributed by atoms with Crippen LogP contribution in [0.1, 0.15) is 11.1 Å². The summed E-state index contributed by atoms with van der Waals surface area (Å²) in [5.41, 5.74) is -2.66. The minimum Gasteiger partial charge on any atom is -0.493 e. The van der Waals surface area contributed by atoms with Crippen molar-refractivity contribution in [1.29, 1.82) is 5.26 Å². The van der Waals surface area contributed by atoms with Crippen LogP contribution in [0.25, 0.3) is 10.9 Å². The van der Waals surface area contributed by atoms with Crippen LogP contribution in [-0.2, 0) is 9.59 Å². The summed E-state index contributed by atoms with van der Waals surface area (Å²) in [7, 11) is 3.77. The Morgan fingerprint density at radius 3 is 2.25 bits per heavy atom. The van der Waals surface area contributed by atoms with Crippen LogP contribution in [0.4, 0.5) is 37.7 Å². The van der Waals surface area contributed by atoms with Gasteiger partial charge in [-0.25, -0.2) is 13.2 Å². The smallest absolute Gasteiger partial charge is 0.431 e. The Kier molecular flexibility index (Phi) is 10.3. The van der Waals surface area contributed by atoms with Gasteiger partial charge in [-0.1, -0.05) is 0 Å². The van der Waals surface area contributed by atoms with Gasteiger partial charge in [0.25, 0.3) is 5.91 Å². The SMILES string of the molecule is COc1cc2ncc(F)c(Oc3ccc(NC(=O)/C(C=O)=C/C=C(\N(C)c4cc(C#N)c(F)cc4C)C(F)(F)F)cc3F)c2cc1OC. The molecule has 4 aromatic rings. The van der Waals surface area contributed by atoms with E-state index in [2.05, 4.69) is 10.3 Å². The first-order chi connectivity index (χ1) is 22.7. The van der Waals surface area contributed by atoms with Crippen molar-refractivity contribution in [2.24, 2.45) is 0 Å². The summed E-state index contributed by atoms with van der Waals surface area (Å²) >= 11 is 0. The largest absolute Gasteiger partial charge is 0.493 e. The number of nitriles is 1. The highest BCUT2D eigenvalue weighted by atomic mass is 19.4. The van der Waals surface area contributed by atoms with Gasteiger partial charge in [0.05, 0.1) is 37.1 Å². The average Bonchev–Trinajstić information content (AvgIpc) is 3.04. The molecule has 1 N–H and O–H groups in total. The van der Waals surface area contributed by atoms with Crippen LogP contribution >= 0.6 is 0 Å². The molecule has 0 saturated heterocycles. The number of aryl methyl sites for hydroxylation is 1. The van der Waals surface area contributed by atoms with E-state index in [9.17, 15) is 31.5 Å². The molecule has 3 aromatic carbocycles. The van der Waals surface area contributed by atoms with Crippen molar-refractivity contribution in [1.82, 2.24) is 4.98 Å². The Morgan fingerprint density at radius 1 is 0.958 bits per heavy atom. The lowest BCUT2D eigenvalue weighted by Crippen LogP contribution is -2.29. The molecule has 0 fully saturated rings. The zero-order valence-corrected chi connectivity index (χ0v) is 25.5. The van der Waals surface area contributed by atoms with E-state index in [1.54, 1.807) is 6.07 Å². The Hall–Kier alpha value is -6.04. The summed E-state index contributed by atoms with van der Waals surface area (Å²) in [6, 6.07) is 9.23. The summed E-state index contributed by atoms with van der Waals surface area (Å²) in [5.74, 6) is -4.42. The first-order valence-corrected chi connectivity index (χ1v) is 13.6. The molecule has 9 nitrogen and oxygen atoms in total. The molecule has 0 unspecified atom stereocenters. The fraction of sp³-hybridized carbons (Fsp3) is 0.152. The molecule has 1 aromatic heterocycles. The van der Waals surface area contributed by atoms with E-state index in [0.29, 0.717) is 22.8 Å². The second-order valence-corrected chi connectivity index (χ2v) is 9.94. The molecule has 1 heterocycles. The molecule has 1 amide bonds. The number of rotatable bonds is 10. The summed E-state index contributed by atoms with van der Waals surface area (Å²) in [6.07, 6.45) is -3.11. The maximum Gasteiger partial charge on any atom is 0.431 e. The number of aldehydes is 1. The van der Waals surface area contributed by atoms with E-state index >= 15 is 4.39 Å². The molecule has 0 spiro atoms. The minimum absolute atomic E-state index is 0.00874. The van der Waals surface area contributed by atoms with Crippen molar-refractivity contribution in [2.75, 3.05) is 31.5 Å². The number of nitrogens with one attached hydrogen (secondary N) is 1. The van der Waals surface area contributed by atoms with E-state index in [-0.39, 0.29) is 45.6 Å². The van der Waals surface area contributed by atoms with Crippen LogP contribution in [0.2, 0.25) is 0 Å². The number of pyridine rings is 1. The third-order valence-corrected chi connectivity index (χ3v) is 6.91. The van der Waals surface area contributed by atoms with Gasteiger partial charge in [-0.05, 0) is 55.0 Å². The molecule has 48 heavy (non-hydrogen) atoms. The highest BCUT2D eigenvalue weighted by Gasteiger charge is 2.37. The predicted octanol–water partition coefficient (Wildman–Crippen LogP) is 7.29. The quantitative estimate of drug-likeness (QED) is 0.0468. The van der Waals surface area contributed by atoms with Crippen LogP contribution in [0.15, 0.2) is 72.1 Å². The summed E-state index contributed by atoms with van der Waals surface area (Å²) < 4.78 is 102. The Balaban J connectivity index is 1.60. The van der Waals surface area contributed by atoms with Gasteiger partial charge in [0.2, 0.25) is 0 Å². The molecule has 248 valence electrons. The number of hydrogen-bond acceptors (Lipinski definition) is 8. The molecule has 0 saturated carbocycles. The summed E-state index contributed by atoms with van der Waals surface area (Å²) in [4.78, 5) is 29.1. The van der Waals surface area contributed by atoms with Crippen LogP contribution in [0.3, 0.4) is 0 Å². The number of benzene rings is 3. The molecule has 0 bridgehead atoms. The van der Waals surface area contributed by atoms with E-state index in [0.717, 1.165) is 43.6 Å². The maximum atomic E-state index is 15.1. The van der Waals surface area contributed by atoms with Crippen molar-refractivity contribution in [2.45, 2.75) is 13.1 Å². The maximum absolute atomic E-state index is 15.1.